The van der Waals surface area contributed by atoms with Gasteiger partial charge in [0.05, 0.1) is 19.6 Å². The summed E-state index contributed by atoms with van der Waals surface area (Å²) in [6, 6.07) is 0.439. The number of nitrogens with zero attached hydrogens (tertiary/aromatic N) is 1. The van der Waals surface area contributed by atoms with Crippen molar-refractivity contribution in [1.29, 1.82) is 0 Å². The lowest BCUT2D eigenvalue weighted by Gasteiger charge is -2.24. The van der Waals surface area contributed by atoms with Crippen LogP contribution < -0.4 is 0 Å². The second-order valence-electron chi connectivity index (χ2n) is 4.24. The molecule has 0 aromatic rings. The topological polar surface area (TPSA) is 49.8 Å². The number of ether oxygens (including phenoxy) is 1. The van der Waals surface area contributed by atoms with Gasteiger partial charge in [0.25, 0.3) is 0 Å². The summed E-state index contributed by atoms with van der Waals surface area (Å²) in [6.45, 7) is 3.61. The van der Waals surface area contributed by atoms with Crippen molar-refractivity contribution in [2.24, 2.45) is 0 Å². The minimum atomic E-state index is -0.256. The third kappa shape index (κ3) is 4.18. The quantitative estimate of drug-likeness (QED) is 0.689. The molecule has 1 rings (SSSR count). The summed E-state index contributed by atoms with van der Waals surface area (Å²) >= 11 is 0. The zero-order chi connectivity index (χ0) is 11.3. The van der Waals surface area contributed by atoms with Gasteiger partial charge < -0.3 is 9.84 Å². The van der Waals surface area contributed by atoms with Gasteiger partial charge in [0.15, 0.2) is 0 Å². The SMILES string of the molecule is COC(=O)CCN1CCCC1CC(C)O. The van der Waals surface area contributed by atoms with Crippen LogP contribution >= 0.6 is 0 Å². The molecule has 4 nitrogen and oxygen atoms in total. The summed E-state index contributed by atoms with van der Waals surface area (Å²) in [5.74, 6) is -0.155. The highest BCUT2D eigenvalue weighted by molar-refractivity contribution is 5.69. The number of esters is 1. The maximum absolute atomic E-state index is 11.0. The first kappa shape index (κ1) is 12.5. The first-order valence-corrected chi connectivity index (χ1v) is 5.62. The number of hydrogen-bond acceptors (Lipinski definition) is 4. The predicted molar refractivity (Wildman–Crippen MR) is 57.5 cm³/mol. The summed E-state index contributed by atoms with van der Waals surface area (Å²) < 4.78 is 4.61. The smallest absolute Gasteiger partial charge is 0.306 e. The Bertz CT molecular complexity index is 206. The molecule has 0 radical (unpaired) electrons. The third-order valence-electron chi connectivity index (χ3n) is 2.94. The van der Waals surface area contributed by atoms with E-state index in [-0.39, 0.29) is 12.1 Å². The lowest BCUT2D eigenvalue weighted by molar-refractivity contribution is -0.141. The van der Waals surface area contributed by atoms with Gasteiger partial charge >= 0.3 is 5.97 Å². The Morgan fingerprint density at radius 3 is 3.00 bits per heavy atom. The van der Waals surface area contributed by atoms with Crippen molar-refractivity contribution < 1.29 is 14.6 Å². The van der Waals surface area contributed by atoms with E-state index in [1.165, 1.54) is 13.5 Å². The Hall–Kier alpha value is -0.610. The van der Waals surface area contributed by atoms with Crippen molar-refractivity contribution in [2.45, 2.75) is 44.8 Å². The molecule has 0 amide bonds. The molecule has 2 unspecified atom stereocenters. The molecule has 0 aliphatic carbocycles. The minimum absolute atomic E-state index is 0.155. The van der Waals surface area contributed by atoms with Crippen molar-refractivity contribution in [3.05, 3.63) is 0 Å². The van der Waals surface area contributed by atoms with Crippen molar-refractivity contribution >= 4 is 5.97 Å². The van der Waals surface area contributed by atoms with Crippen molar-refractivity contribution in [3.63, 3.8) is 0 Å². The van der Waals surface area contributed by atoms with Gasteiger partial charge in [-0.1, -0.05) is 0 Å². The second-order valence-corrected chi connectivity index (χ2v) is 4.24. The summed E-state index contributed by atoms with van der Waals surface area (Å²) in [6.07, 6.45) is 3.30. The molecule has 0 spiro atoms. The molecule has 1 saturated heterocycles. The number of rotatable bonds is 5. The highest BCUT2D eigenvalue weighted by Gasteiger charge is 2.25. The minimum Gasteiger partial charge on any atom is -0.469 e. The predicted octanol–water partition coefficient (Wildman–Crippen LogP) is 0.785. The zero-order valence-electron chi connectivity index (χ0n) is 9.61. The molecule has 0 bridgehead atoms. The zero-order valence-corrected chi connectivity index (χ0v) is 9.61. The molecule has 0 saturated carbocycles. The first-order valence-electron chi connectivity index (χ1n) is 5.62. The van der Waals surface area contributed by atoms with Crippen LogP contribution in [0.15, 0.2) is 0 Å². The molecular formula is C11H21NO3. The number of carbonyl (C=O) groups excluding carboxylic acids is 1. The van der Waals surface area contributed by atoms with Crippen LogP contribution in [0.2, 0.25) is 0 Å². The van der Waals surface area contributed by atoms with Gasteiger partial charge in [-0.2, -0.15) is 0 Å². The molecule has 2 atom stereocenters. The molecule has 15 heavy (non-hydrogen) atoms. The molecule has 1 fully saturated rings. The number of hydrogen-bond donors (Lipinski definition) is 1. The standard InChI is InChI=1S/C11H21NO3/c1-9(13)8-10-4-3-6-12(10)7-5-11(14)15-2/h9-10,13H,3-8H2,1-2H3. The molecule has 1 N–H and O–H groups in total. The lowest BCUT2D eigenvalue weighted by atomic mass is 10.1. The van der Waals surface area contributed by atoms with E-state index in [2.05, 4.69) is 9.64 Å². The summed E-state index contributed by atoms with van der Waals surface area (Å²) in [5, 5.41) is 9.34. The largest absolute Gasteiger partial charge is 0.469 e. The monoisotopic (exact) mass is 215 g/mol. The van der Waals surface area contributed by atoms with Gasteiger partial charge in [0, 0.05) is 12.6 Å². The average Bonchev–Trinajstić information content (AvgIpc) is 2.61. The maximum Gasteiger partial charge on any atom is 0.306 e. The Balaban J connectivity index is 2.30. The fraction of sp³-hybridized carbons (Fsp3) is 0.909. The molecule has 0 aromatic carbocycles. The van der Waals surface area contributed by atoms with Crippen LogP contribution in [0.1, 0.15) is 32.6 Å². The molecular weight excluding hydrogens is 194 g/mol. The highest BCUT2D eigenvalue weighted by Crippen LogP contribution is 2.21. The lowest BCUT2D eigenvalue weighted by Crippen LogP contribution is -2.33. The molecule has 0 aromatic heterocycles. The van der Waals surface area contributed by atoms with E-state index >= 15 is 0 Å². The number of methoxy groups -OCH3 is 1. The average molecular weight is 215 g/mol. The van der Waals surface area contributed by atoms with Gasteiger partial charge in [-0.15, -0.1) is 0 Å². The number of aliphatic hydroxyl groups excluding tert-OH is 1. The molecule has 1 aliphatic heterocycles. The van der Waals surface area contributed by atoms with Crippen LogP contribution in [-0.2, 0) is 9.53 Å². The fourth-order valence-corrected chi connectivity index (χ4v) is 2.19. The van der Waals surface area contributed by atoms with Crippen molar-refractivity contribution in [1.82, 2.24) is 4.90 Å². The van der Waals surface area contributed by atoms with Gasteiger partial charge in [0.1, 0.15) is 0 Å². The Kier molecular flexibility index (Phi) is 5.05. The fourth-order valence-electron chi connectivity index (χ4n) is 2.19. The van der Waals surface area contributed by atoms with E-state index in [1.807, 2.05) is 6.92 Å². The van der Waals surface area contributed by atoms with Gasteiger partial charge in [-0.3, -0.25) is 9.69 Å². The van der Waals surface area contributed by atoms with E-state index in [9.17, 15) is 9.90 Å². The number of likely N-dealkylation sites (tertiary alicyclic amines) is 1. The van der Waals surface area contributed by atoms with Gasteiger partial charge in [0.2, 0.25) is 0 Å². The Labute approximate surface area is 91.2 Å². The summed E-state index contributed by atoms with van der Waals surface area (Å²) in [4.78, 5) is 13.3. The first-order chi connectivity index (χ1) is 7.13. The van der Waals surface area contributed by atoms with Crippen LogP contribution in [0, 0.1) is 0 Å². The molecule has 88 valence electrons. The molecule has 4 heteroatoms. The van der Waals surface area contributed by atoms with Crippen molar-refractivity contribution in [2.75, 3.05) is 20.2 Å². The van der Waals surface area contributed by atoms with Gasteiger partial charge in [-0.05, 0) is 32.7 Å². The van der Waals surface area contributed by atoms with E-state index < -0.39 is 0 Å². The van der Waals surface area contributed by atoms with Gasteiger partial charge in [-0.25, -0.2) is 0 Å². The van der Waals surface area contributed by atoms with E-state index in [4.69, 9.17) is 0 Å². The van der Waals surface area contributed by atoms with Crippen LogP contribution in [0.3, 0.4) is 0 Å². The molecule has 1 aliphatic rings. The summed E-state index contributed by atoms with van der Waals surface area (Å²) in [5.41, 5.74) is 0. The van der Waals surface area contributed by atoms with Crippen LogP contribution in [-0.4, -0.2) is 48.3 Å². The molecule has 1 heterocycles. The van der Waals surface area contributed by atoms with Crippen molar-refractivity contribution in [3.8, 4) is 0 Å². The Morgan fingerprint density at radius 1 is 1.67 bits per heavy atom. The highest BCUT2D eigenvalue weighted by atomic mass is 16.5. The summed E-state index contributed by atoms with van der Waals surface area (Å²) in [7, 11) is 1.42. The number of aliphatic hydroxyl groups is 1. The van der Waals surface area contributed by atoms with Crippen LogP contribution in [0.4, 0.5) is 0 Å². The number of carbonyl (C=O) groups is 1. The normalized spacial score (nSPS) is 24.1. The maximum atomic E-state index is 11.0. The van der Waals surface area contributed by atoms with Crippen LogP contribution in [0.5, 0.6) is 0 Å². The van der Waals surface area contributed by atoms with E-state index in [0.29, 0.717) is 12.5 Å². The second kappa shape index (κ2) is 6.08. The third-order valence-corrected chi connectivity index (χ3v) is 2.94. The van der Waals surface area contributed by atoms with E-state index in [0.717, 1.165) is 25.9 Å². The Morgan fingerprint density at radius 2 is 2.40 bits per heavy atom. The van der Waals surface area contributed by atoms with E-state index in [1.54, 1.807) is 0 Å². The van der Waals surface area contributed by atoms with Crippen LogP contribution in [0.25, 0.3) is 0 Å².